The maximum atomic E-state index is 6.00. The van der Waals surface area contributed by atoms with Crippen molar-refractivity contribution in [2.45, 2.75) is 25.5 Å². The van der Waals surface area contributed by atoms with E-state index < -0.39 is 0 Å². The Bertz CT molecular complexity index is 544. The molecule has 0 bridgehead atoms. The van der Waals surface area contributed by atoms with Crippen LogP contribution in [0.1, 0.15) is 24.2 Å². The molecule has 110 valence electrons. The number of benzene rings is 1. The minimum absolute atomic E-state index is 0.191. The highest BCUT2D eigenvalue weighted by atomic mass is 16.5. The van der Waals surface area contributed by atoms with E-state index in [2.05, 4.69) is 53.2 Å². The summed E-state index contributed by atoms with van der Waals surface area (Å²) in [6.07, 6.45) is 5.02. The molecule has 0 spiro atoms. The highest BCUT2D eigenvalue weighted by Crippen LogP contribution is 2.24. The topological polar surface area (TPSA) is 25.4 Å². The molecule has 1 saturated heterocycles. The van der Waals surface area contributed by atoms with E-state index in [1.807, 2.05) is 18.5 Å². The molecule has 2 atom stereocenters. The van der Waals surface area contributed by atoms with E-state index in [0.717, 1.165) is 26.1 Å². The minimum atomic E-state index is 0.191. The maximum absolute atomic E-state index is 6.00. The molecule has 1 aromatic heterocycles. The van der Waals surface area contributed by atoms with Crippen LogP contribution in [0.2, 0.25) is 0 Å². The van der Waals surface area contributed by atoms with Crippen LogP contribution in [-0.2, 0) is 11.2 Å². The molecule has 1 aliphatic heterocycles. The Hall–Kier alpha value is -1.71. The van der Waals surface area contributed by atoms with Gasteiger partial charge in [-0.2, -0.15) is 0 Å². The fraction of sp³-hybridized carbons (Fsp3) is 0.389. The molecule has 2 aromatic rings. The van der Waals surface area contributed by atoms with Crippen LogP contribution in [0.3, 0.4) is 0 Å². The standard InChI is InChI=1S/C18H22N2O/c1-15-14-21-18(17-7-3-2-4-8-17)13-20(15)11-9-16-6-5-10-19-12-16/h2-8,10,12,15,18H,9,11,13-14H2,1H3/t15-,18+/m1/s1. The molecule has 3 heteroatoms. The zero-order valence-electron chi connectivity index (χ0n) is 12.5. The third kappa shape index (κ3) is 3.69. The first-order valence-electron chi connectivity index (χ1n) is 7.62. The second-order valence-electron chi connectivity index (χ2n) is 5.69. The third-order valence-corrected chi connectivity index (χ3v) is 4.14. The minimum Gasteiger partial charge on any atom is -0.371 e. The van der Waals surface area contributed by atoms with Crippen molar-refractivity contribution < 1.29 is 4.74 Å². The van der Waals surface area contributed by atoms with Crippen molar-refractivity contribution in [3.8, 4) is 0 Å². The van der Waals surface area contributed by atoms with Gasteiger partial charge in [0, 0.05) is 31.5 Å². The molecular weight excluding hydrogens is 260 g/mol. The predicted octanol–water partition coefficient (Wildman–Crippen LogP) is 3.09. The quantitative estimate of drug-likeness (QED) is 0.861. The van der Waals surface area contributed by atoms with E-state index in [0.29, 0.717) is 6.04 Å². The maximum Gasteiger partial charge on any atom is 0.0952 e. The zero-order chi connectivity index (χ0) is 14.5. The molecule has 0 N–H and O–H groups in total. The van der Waals surface area contributed by atoms with Gasteiger partial charge in [0.1, 0.15) is 0 Å². The Morgan fingerprint density at radius 1 is 1.19 bits per heavy atom. The number of pyridine rings is 1. The molecule has 1 aromatic carbocycles. The van der Waals surface area contributed by atoms with E-state index in [1.165, 1.54) is 11.1 Å². The highest BCUT2D eigenvalue weighted by Gasteiger charge is 2.26. The second-order valence-corrected chi connectivity index (χ2v) is 5.69. The number of morpholine rings is 1. The van der Waals surface area contributed by atoms with Crippen molar-refractivity contribution >= 4 is 0 Å². The van der Waals surface area contributed by atoms with Crippen LogP contribution in [0, 0.1) is 0 Å². The van der Waals surface area contributed by atoms with Crippen LogP contribution in [0.15, 0.2) is 54.9 Å². The SMILES string of the molecule is C[C@@H]1CO[C@H](c2ccccc2)CN1CCc1cccnc1. The zero-order valence-corrected chi connectivity index (χ0v) is 12.5. The smallest absolute Gasteiger partial charge is 0.0952 e. The van der Waals surface area contributed by atoms with Crippen molar-refractivity contribution in [3.63, 3.8) is 0 Å². The van der Waals surface area contributed by atoms with E-state index in [1.54, 1.807) is 0 Å². The molecular formula is C18H22N2O. The third-order valence-electron chi connectivity index (χ3n) is 4.14. The van der Waals surface area contributed by atoms with Gasteiger partial charge in [-0.15, -0.1) is 0 Å². The van der Waals surface area contributed by atoms with Gasteiger partial charge in [-0.1, -0.05) is 36.4 Å². The van der Waals surface area contributed by atoms with E-state index in [4.69, 9.17) is 4.74 Å². The molecule has 2 heterocycles. The van der Waals surface area contributed by atoms with Crippen molar-refractivity contribution in [2.24, 2.45) is 0 Å². The lowest BCUT2D eigenvalue weighted by Crippen LogP contribution is -2.45. The lowest BCUT2D eigenvalue weighted by atomic mass is 10.1. The average molecular weight is 282 g/mol. The molecule has 1 aliphatic rings. The van der Waals surface area contributed by atoms with Crippen molar-refractivity contribution in [1.29, 1.82) is 0 Å². The molecule has 0 saturated carbocycles. The Morgan fingerprint density at radius 3 is 2.81 bits per heavy atom. The second kappa shape index (κ2) is 6.83. The van der Waals surface area contributed by atoms with Crippen LogP contribution >= 0.6 is 0 Å². The first-order chi connectivity index (χ1) is 10.3. The number of aromatic nitrogens is 1. The molecule has 3 nitrogen and oxygen atoms in total. The van der Waals surface area contributed by atoms with Crippen LogP contribution in [0.4, 0.5) is 0 Å². The fourth-order valence-corrected chi connectivity index (χ4v) is 2.81. The van der Waals surface area contributed by atoms with Gasteiger partial charge in [0.25, 0.3) is 0 Å². The first-order valence-corrected chi connectivity index (χ1v) is 7.62. The fourth-order valence-electron chi connectivity index (χ4n) is 2.81. The summed E-state index contributed by atoms with van der Waals surface area (Å²) in [4.78, 5) is 6.71. The van der Waals surface area contributed by atoms with Gasteiger partial charge in [-0.3, -0.25) is 9.88 Å². The van der Waals surface area contributed by atoms with Gasteiger partial charge >= 0.3 is 0 Å². The number of ether oxygens (including phenoxy) is 1. The van der Waals surface area contributed by atoms with E-state index >= 15 is 0 Å². The van der Waals surface area contributed by atoms with E-state index in [-0.39, 0.29) is 6.10 Å². The first kappa shape index (κ1) is 14.2. The summed E-state index contributed by atoms with van der Waals surface area (Å²) in [5, 5.41) is 0. The Labute approximate surface area is 126 Å². The molecule has 0 amide bonds. The molecule has 0 radical (unpaired) electrons. The summed E-state index contributed by atoms with van der Waals surface area (Å²) < 4.78 is 6.00. The van der Waals surface area contributed by atoms with Crippen LogP contribution in [0.5, 0.6) is 0 Å². The average Bonchev–Trinajstić information content (AvgIpc) is 2.56. The van der Waals surface area contributed by atoms with Gasteiger partial charge in [0.15, 0.2) is 0 Å². The molecule has 0 unspecified atom stereocenters. The molecule has 1 fully saturated rings. The number of hydrogen-bond acceptors (Lipinski definition) is 3. The van der Waals surface area contributed by atoms with Gasteiger partial charge in [0.2, 0.25) is 0 Å². The summed E-state index contributed by atoms with van der Waals surface area (Å²) in [6, 6.07) is 15.1. The molecule has 3 rings (SSSR count). The number of rotatable bonds is 4. The number of hydrogen-bond donors (Lipinski definition) is 0. The van der Waals surface area contributed by atoms with Gasteiger partial charge in [0.05, 0.1) is 12.7 Å². The van der Waals surface area contributed by atoms with E-state index in [9.17, 15) is 0 Å². The van der Waals surface area contributed by atoms with Crippen LogP contribution in [0.25, 0.3) is 0 Å². The summed E-state index contributed by atoms with van der Waals surface area (Å²) in [5.41, 5.74) is 2.57. The lowest BCUT2D eigenvalue weighted by molar-refractivity contribution is -0.0595. The summed E-state index contributed by atoms with van der Waals surface area (Å²) in [5.74, 6) is 0. The number of nitrogens with zero attached hydrogens (tertiary/aromatic N) is 2. The Morgan fingerprint density at radius 2 is 2.05 bits per heavy atom. The largest absolute Gasteiger partial charge is 0.371 e. The van der Waals surface area contributed by atoms with Gasteiger partial charge in [-0.05, 0) is 30.5 Å². The highest BCUT2D eigenvalue weighted by molar-refractivity contribution is 5.18. The summed E-state index contributed by atoms with van der Waals surface area (Å²) >= 11 is 0. The van der Waals surface area contributed by atoms with Crippen molar-refractivity contribution in [3.05, 3.63) is 66.0 Å². The normalized spacial score (nSPS) is 23.1. The summed E-state index contributed by atoms with van der Waals surface area (Å²) in [6.45, 7) is 5.06. The van der Waals surface area contributed by atoms with Gasteiger partial charge < -0.3 is 4.74 Å². The monoisotopic (exact) mass is 282 g/mol. The van der Waals surface area contributed by atoms with Crippen molar-refractivity contribution in [2.75, 3.05) is 19.7 Å². The molecule has 0 aliphatic carbocycles. The molecule has 21 heavy (non-hydrogen) atoms. The lowest BCUT2D eigenvalue weighted by Gasteiger charge is -2.38. The van der Waals surface area contributed by atoms with Crippen LogP contribution in [-0.4, -0.2) is 35.6 Å². The predicted molar refractivity (Wildman–Crippen MR) is 84.1 cm³/mol. The Kier molecular flexibility index (Phi) is 4.63. The van der Waals surface area contributed by atoms with Gasteiger partial charge in [-0.25, -0.2) is 0 Å². The van der Waals surface area contributed by atoms with Crippen molar-refractivity contribution in [1.82, 2.24) is 9.88 Å². The Balaban J connectivity index is 1.61. The summed E-state index contributed by atoms with van der Waals surface area (Å²) in [7, 11) is 0. The van der Waals surface area contributed by atoms with Crippen LogP contribution < -0.4 is 0 Å².